The number of hydrogen-bond donors (Lipinski definition) is 0. The zero-order valence-corrected chi connectivity index (χ0v) is 13.7. The molecular formula is C16H15N7O2. The zero-order valence-electron chi connectivity index (χ0n) is 13.7. The summed E-state index contributed by atoms with van der Waals surface area (Å²) in [6, 6.07) is 8.88. The lowest BCUT2D eigenvalue weighted by molar-refractivity contribution is -0.389. The molecule has 0 radical (unpaired) electrons. The van der Waals surface area contributed by atoms with E-state index in [0.29, 0.717) is 23.6 Å². The van der Waals surface area contributed by atoms with E-state index in [1.807, 2.05) is 31.2 Å². The Balaban J connectivity index is 1.87. The molecule has 4 aromatic rings. The van der Waals surface area contributed by atoms with Gasteiger partial charge >= 0.3 is 5.82 Å². The minimum Gasteiger partial charge on any atom is -0.358 e. The third-order valence-corrected chi connectivity index (χ3v) is 4.18. The first-order valence-corrected chi connectivity index (χ1v) is 7.89. The highest BCUT2D eigenvalue weighted by Gasteiger charge is 2.26. The number of nitrogens with zero attached hydrogens (tertiary/aromatic N) is 7. The van der Waals surface area contributed by atoms with Gasteiger partial charge < -0.3 is 10.1 Å². The van der Waals surface area contributed by atoms with Crippen LogP contribution in [0, 0.1) is 17.0 Å². The van der Waals surface area contributed by atoms with Gasteiger partial charge in [0.2, 0.25) is 0 Å². The van der Waals surface area contributed by atoms with Crippen molar-refractivity contribution in [3.8, 4) is 0 Å². The van der Waals surface area contributed by atoms with Gasteiger partial charge in [-0.05, 0) is 30.4 Å². The number of rotatable bonds is 4. The fourth-order valence-electron chi connectivity index (χ4n) is 2.98. The number of aromatic nitrogens is 6. The molecular weight excluding hydrogens is 322 g/mol. The summed E-state index contributed by atoms with van der Waals surface area (Å²) in [5, 5.41) is 20.5. The maximum absolute atomic E-state index is 11.0. The molecule has 25 heavy (non-hydrogen) atoms. The van der Waals surface area contributed by atoms with E-state index >= 15 is 0 Å². The summed E-state index contributed by atoms with van der Waals surface area (Å²) in [7, 11) is 0. The molecule has 4 rings (SSSR count). The van der Waals surface area contributed by atoms with Crippen molar-refractivity contribution in [3.05, 3.63) is 58.3 Å². The monoisotopic (exact) mass is 337 g/mol. The molecule has 0 aliphatic heterocycles. The minimum atomic E-state index is -0.495. The van der Waals surface area contributed by atoms with Crippen LogP contribution in [-0.4, -0.2) is 34.3 Å². The van der Waals surface area contributed by atoms with Crippen LogP contribution in [0.3, 0.4) is 0 Å². The number of para-hydroxylation sites is 1. The van der Waals surface area contributed by atoms with Crippen LogP contribution in [0.5, 0.6) is 0 Å². The van der Waals surface area contributed by atoms with Crippen molar-refractivity contribution in [2.45, 2.75) is 26.3 Å². The van der Waals surface area contributed by atoms with Crippen molar-refractivity contribution in [3.63, 3.8) is 0 Å². The predicted octanol–water partition coefficient (Wildman–Crippen LogP) is 2.69. The van der Waals surface area contributed by atoms with E-state index in [1.165, 1.54) is 6.07 Å². The Kier molecular flexibility index (Phi) is 3.41. The number of benzene rings is 1. The fourth-order valence-corrected chi connectivity index (χ4v) is 2.98. The van der Waals surface area contributed by atoms with Crippen molar-refractivity contribution in [2.75, 3.05) is 0 Å². The quantitative estimate of drug-likeness (QED) is 0.419. The largest absolute Gasteiger partial charge is 0.390 e. The number of nitro groups is 1. The maximum atomic E-state index is 11.0. The van der Waals surface area contributed by atoms with Gasteiger partial charge in [0.15, 0.2) is 11.5 Å². The second-order valence-corrected chi connectivity index (χ2v) is 5.77. The van der Waals surface area contributed by atoms with Crippen LogP contribution in [0.15, 0.2) is 36.7 Å². The van der Waals surface area contributed by atoms with Crippen molar-refractivity contribution in [1.82, 2.24) is 29.4 Å². The fraction of sp³-hybridized carbons (Fsp3) is 0.250. The van der Waals surface area contributed by atoms with E-state index in [1.54, 1.807) is 22.4 Å². The number of aryl methyl sites for hydroxylation is 1. The molecule has 0 unspecified atom stereocenters. The summed E-state index contributed by atoms with van der Waals surface area (Å²) in [6.07, 6.45) is 2.28. The van der Waals surface area contributed by atoms with Crippen LogP contribution in [-0.2, 0) is 0 Å². The van der Waals surface area contributed by atoms with Crippen LogP contribution >= 0.6 is 0 Å². The van der Waals surface area contributed by atoms with E-state index < -0.39 is 4.92 Å². The topological polar surface area (TPSA) is 104 Å². The number of hydrogen-bond acceptors (Lipinski definition) is 6. The maximum Gasteiger partial charge on any atom is 0.390 e. The molecule has 3 heterocycles. The van der Waals surface area contributed by atoms with Gasteiger partial charge in [0.05, 0.1) is 22.4 Å². The van der Waals surface area contributed by atoms with Gasteiger partial charge in [0.1, 0.15) is 12.4 Å². The normalized spacial score (nSPS) is 12.7. The molecule has 0 saturated carbocycles. The third-order valence-electron chi connectivity index (χ3n) is 4.18. The van der Waals surface area contributed by atoms with Crippen LogP contribution in [0.1, 0.15) is 30.9 Å². The van der Waals surface area contributed by atoms with Gasteiger partial charge in [-0.15, -0.1) is 5.10 Å². The van der Waals surface area contributed by atoms with Crippen LogP contribution in [0.2, 0.25) is 0 Å². The Morgan fingerprint density at radius 1 is 1.28 bits per heavy atom. The van der Waals surface area contributed by atoms with E-state index in [4.69, 9.17) is 0 Å². The average Bonchev–Trinajstić information content (AvgIpc) is 3.20. The molecule has 126 valence electrons. The van der Waals surface area contributed by atoms with Gasteiger partial charge in [-0.1, -0.05) is 19.1 Å². The summed E-state index contributed by atoms with van der Waals surface area (Å²) in [4.78, 5) is 19.5. The van der Waals surface area contributed by atoms with Gasteiger partial charge in [-0.25, -0.2) is 14.5 Å². The molecule has 0 aliphatic rings. The van der Waals surface area contributed by atoms with Crippen molar-refractivity contribution in [1.29, 1.82) is 0 Å². The smallest absolute Gasteiger partial charge is 0.358 e. The third kappa shape index (κ3) is 2.40. The SMILES string of the molecule is CC[C@@H](c1nc2c3ccccc3ncn2n1)n1nc([N+](=O)[O-])cc1C. The van der Waals surface area contributed by atoms with Crippen LogP contribution in [0.25, 0.3) is 16.6 Å². The molecule has 3 aromatic heterocycles. The van der Waals surface area contributed by atoms with Crippen molar-refractivity contribution in [2.24, 2.45) is 0 Å². The molecule has 0 fully saturated rings. The summed E-state index contributed by atoms with van der Waals surface area (Å²) in [5.74, 6) is 0.383. The molecule has 0 amide bonds. The second-order valence-electron chi connectivity index (χ2n) is 5.77. The van der Waals surface area contributed by atoms with Crippen LogP contribution < -0.4 is 0 Å². The Labute approximate surface area is 142 Å². The molecule has 0 aliphatic carbocycles. The highest BCUT2D eigenvalue weighted by molar-refractivity contribution is 5.90. The number of fused-ring (bicyclic) bond motifs is 3. The first-order valence-electron chi connectivity index (χ1n) is 7.89. The zero-order chi connectivity index (χ0) is 17.6. The molecule has 1 atom stereocenters. The molecule has 9 nitrogen and oxygen atoms in total. The first kappa shape index (κ1) is 15.2. The average molecular weight is 337 g/mol. The second kappa shape index (κ2) is 5.62. The lowest BCUT2D eigenvalue weighted by atomic mass is 10.2. The molecule has 0 saturated heterocycles. The van der Waals surface area contributed by atoms with E-state index in [-0.39, 0.29) is 11.9 Å². The lowest BCUT2D eigenvalue weighted by Gasteiger charge is -2.09. The highest BCUT2D eigenvalue weighted by Crippen LogP contribution is 2.25. The molecule has 0 spiro atoms. The Hall–Kier alpha value is -3.36. The molecule has 1 aromatic carbocycles. The summed E-state index contributed by atoms with van der Waals surface area (Å²) >= 11 is 0. The Morgan fingerprint density at radius 2 is 2.08 bits per heavy atom. The minimum absolute atomic E-state index is 0.174. The highest BCUT2D eigenvalue weighted by atomic mass is 16.6. The standard InChI is InChI=1S/C16H15N7O2/c1-3-13(22-10(2)8-14(19-22)23(24)25)15-18-16-11-6-4-5-7-12(11)17-9-21(16)20-15/h4-9,13H,3H2,1-2H3/t13-/m0/s1. The van der Waals surface area contributed by atoms with Gasteiger partial charge in [-0.3, -0.25) is 0 Å². The summed E-state index contributed by atoms with van der Waals surface area (Å²) < 4.78 is 3.25. The van der Waals surface area contributed by atoms with E-state index in [9.17, 15) is 10.1 Å². The van der Waals surface area contributed by atoms with Crippen molar-refractivity contribution < 1.29 is 4.92 Å². The Morgan fingerprint density at radius 3 is 2.80 bits per heavy atom. The van der Waals surface area contributed by atoms with Crippen molar-refractivity contribution >= 4 is 22.4 Å². The van der Waals surface area contributed by atoms with E-state index in [2.05, 4.69) is 20.2 Å². The molecule has 9 heteroatoms. The molecule has 0 N–H and O–H groups in total. The summed E-state index contributed by atoms with van der Waals surface area (Å²) in [5.41, 5.74) is 2.24. The Bertz CT molecular complexity index is 1100. The lowest BCUT2D eigenvalue weighted by Crippen LogP contribution is -2.14. The van der Waals surface area contributed by atoms with Gasteiger partial charge in [0.25, 0.3) is 0 Å². The molecule has 0 bridgehead atoms. The van der Waals surface area contributed by atoms with Crippen LogP contribution in [0.4, 0.5) is 5.82 Å². The van der Waals surface area contributed by atoms with E-state index in [0.717, 1.165) is 10.9 Å². The van der Waals surface area contributed by atoms with Gasteiger partial charge in [-0.2, -0.15) is 4.68 Å². The van der Waals surface area contributed by atoms with Gasteiger partial charge in [0, 0.05) is 5.39 Å². The first-order chi connectivity index (χ1) is 12.1. The predicted molar refractivity (Wildman–Crippen MR) is 90.3 cm³/mol. The summed E-state index contributed by atoms with van der Waals surface area (Å²) in [6.45, 7) is 3.76.